The quantitative estimate of drug-likeness (QED) is 0.675. The number of allylic oxidation sites excluding steroid dienone is 1. The van der Waals surface area contributed by atoms with Gasteiger partial charge in [0.15, 0.2) is 5.82 Å². The molecule has 3 atom stereocenters. The zero-order valence-electron chi connectivity index (χ0n) is 16.0. The average molecular weight is 423 g/mol. The monoisotopic (exact) mass is 423 g/mol. The van der Waals surface area contributed by atoms with Gasteiger partial charge in [-0.25, -0.2) is 9.78 Å². The van der Waals surface area contributed by atoms with E-state index in [9.17, 15) is 22.8 Å². The molecule has 0 saturated carbocycles. The molecule has 1 unspecified atom stereocenters. The number of fused-ring (bicyclic) bond motifs is 3. The van der Waals surface area contributed by atoms with E-state index in [0.29, 0.717) is 18.1 Å². The van der Waals surface area contributed by atoms with Crippen molar-refractivity contribution in [1.29, 1.82) is 0 Å². The van der Waals surface area contributed by atoms with Crippen LogP contribution in [0.15, 0.2) is 42.3 Å². The van der Waals surface area contributed by atoms with Crippen LogP contribution in [-0.2, 0) is 4.79 Å². The summed E-state index contributed by atoms with van der Waals surface area (Å²) in [5.41, 5.74) is 0.714. The number of aromatic nitrogens is 2. The fraction of sp³-hybridized carbons (Fsp3) is 0.444. The number of rotatable bonds is 3. The minimum atomic E-state index is -4.54. The van der Waals surface area contributed by atoms with Gasteiger partial charge in [-0.2, -0.15) is 13.2 Å². The highest BCUT2D eigenvalue weighted by molar-refractivity contribution is 5.91. The van der Waals surface area contributed by atoms with Crippen molar-refractivity contribution in [3.63, 3.8) is 0 Å². The number of anilines is 1. The number of hydrogen-bond acceptors (Lipinski definition) is 6. The third kappa shape index (κ3) is 3.76. The van der Waals surface area contributed by atoms with Gasteiger partial charge in [-0.1, -0.05) is 6.08 Å². The first-order valence-corrected chi connectivity index (χ1v) is 9.41. The van der Waals surface area contributed by atoms with Gasteiger partial charge in [0.05, 0.1) is 17.9 Å². The summed E-state index contributed by atoms with van der Waals surface area (Å²) in [5.74, 6) is -0.179. The molecule has 0 aliphatic carbocycles. The van der Waals surface area contributed by atoms with Crippen LogP contribution in [0.5, 0.6) is 0 Å². The molecule has 1 aromatic rings. The Morgan fingerprint density at radius 2 is 2.13 bits per heavy atom. The third-order valence-electron chi connectivity index (χ3n) is 5.24. The summed E-state index contributed by atoms with van der Waals surface area (Å²) in [4.78, 5) is 36.9. The van der Waals surface area contributed by atoms with E-state index in [2.05, 4.69) is 25.5 Å². The second kappa shape index (κ2) is 7.50. The lowest BCUT2D eigenvalue weighted by Crippen LogP contribution is -2.57. The lowest BCUT2D eigenvalue weighted by atomic mass is 10.1. The van der Waals surface area contributed by atoms with E-state index in [1.165, 1.54) is 29.6 Å². The summed E-state index contributed by atoms with van der Waals surface area (Å²) in [6.45, 7) is 2.23. The molecule has 160 valence electrons. The van der Waals surface area contributed by atoms with Crippen molar-refractivity contribution in [1.82, 2.24) is 30.4 Å². The minimum absolute atomic E-state index is 0.141. The van der Waals surface area contributed by atoms with E-state index >= 15 is 0 Å². The predicted octanol–water partition coefficient (Wildman–Crippen LogP) is 1.16. The van der Waals surface area contributed by atoms with Crippen LogP contribution in [-0.4, -0.2) is 69.1 Å². The van der Waals surface area contributed by atoms with Crippen LogP contribution in [0.25, 0.3) is 0 Å². The highest BCUT2D eigenvalue weighted by Gasteiger charge is 2.43. The van der Waals surface area contributed by atoms with Crippen molar-refractivity contribution in [2.75, 3.05) is 18.4 Å². The van der Waals surface area contributed by atoms with Gasteiger partial charge in [0.25, 0.3) is 0 Å². The smallest absolute Gasteiger partial charge is 0.366 e. The Bertz CT molecular complexity index is 903. The van der Waals surface area contributed by atoms with Gasteiger partial charge in [-0.3, -0.25) is 20.0 Å². The van der Waals surface area contributed by atoms with Gasteiger partial charge in [0.1, 0.15) is 17.9 Å². The Kier molecular flexibility index (Phi) is 5.00. The third-order valence-corrected chi connectivity index (χ3v) is 5.24. The maximum atomic E-state index is 13.0. The zero-order chi connectivity index (χ0) is 21.5. The van der Waals surface area contributed by atoms with Crippen LogP contribution in [0.4, 0.5) is 23.8 Å². The highest BCUT2D eigenvalue weighted by Crippen LogP contribution is 2.33. The van der Waals surface area contributed by atoms with Gasteiger partial charge in [0, 0.05) is 25.5 Å². The molecular weight excluding hydrogens is 403 g/mol. The topological polar surface area (TPSA) is 102 Å². The minimum Gasteiger partial charge on any atom is -0.366 e. The van der Waals surface area contributed by atoms with Crippen LogP contribution in [0.2, 0.25) is 0 Å². The van der Waals surface area contributed by atoms with Gasteiger partial charge >= 0.3 is 12.2 Å². The number of carbonyl (C=O) groups is 2. The molecule has 1 fully saturated rings. The van der Waals surface area contributed by atoms with Crippen LogP contribution in [0.3, 0.4) is 0 Å². The molecular formula is C18H20F3N7O2. The van der Waals surface area contributed by atoms with Crippen LogP contribution < -0.4 is 16.0 Å². The first-order valence-electron chi connectivity index (χ1n) is 9.41. The number of dihydropyridines is 1. The van der Waals surface area contributed by atoms with E-state index in [0.717, 1.165) is 19.9 Å². The molecule has 1 aromatic heterocycles. The zero-order valence-corrected chi connectivity index (χ0v) is 16.0. The van der Waals surface area contributed by atoms with Crippen LogP contribution in [0.1, 0.15) is 13.3 Å². The number of halogens is 3. The molecule has 0 spiro atoms. The van der Waals surface area contributed by atoms with E-state index in [4.69, 9.17) is 0 Å². The summed E-state index contributed by atoms with van der Waals surface area (Å²) < 4.78 is 38.4. The van der Waals surface area contributed by atoms with Crippen molar-refractivity contribution in [3.05, 3.63) is 42.3 Å². The predicted molar refractivity (Wildman–Crippen MR) is 99.6 cm³/mol. The molecule has 3 amide bonds. The fourth-order valence-corrected chi connectivity index (χ4v) is 3.68. The number of urea groups is 1. The second-order valence-corrected chi connectivity index (χ2v) is 7.27. The second-order valence-electron chi connectivity index (χ2n) is 7.27. The van der Waals surface area contributed by atoms with Crippen molar-refractivity contribution in [3.8, 4) is 0 Å². The Morgan fingerprint density at radius 3 is 2.83 bits per heavy atom. The first-order chi connectivity index (χ1) is 14.2. The first kappa shape index (κ1) is 20.0. The summed E-state index contributed by atoms with van der Waals surface area (Å²) in [6.07, 6.45) is 3.66. The summed E-state index contributed by atoms with van der Waals surface area (Å²) in [7, 11) is 0. The SMILES string of the molecule is C[C@@H](NC(=O)C1C=CC2=C(N1)N(C(=O)Nc1cnccn1)[C@H]1CCN2C1)C(F)(F)F. The van der Waals surface area contributed by atoms with Gasteiger partial charge in [-0.05, 0) is 19.4 Å². The molecule has 12 heteroatoms. The Hall–Kier alpha value is -3.31. The van der Waals surface area contributed by atoms with E-state index in [1.54, 1.807) is 6.08 Å². The van der Waals surface area contributed by atoms with Crippen molar-refractivity contribution in [2.24, 2.45) is 0 Å². The number of alkyl halides is 3. The normalized spacial score (nSPS) is 23.6. The fourth-order valence-electron chi connectivity index (χ4n) is 3.68. The van der Waals surface area contributed by atoms with Gasteiger partial charge in [0.2, 0.25) is 5.91 Å². The molecule has 3 aliphatic rings. The summed E-state index contributed by atoms with van der Waals surface area (Å²) >= 11 is 0. The molecule has 4 rings (SSSR count). The number of nitrogens with zero attached hydrogens (tertiary/aromatic N) is 4. The Labute approximate surface area is 170 Å². The van der Waals surface area contributed by atoms with E-state index in [-0.39, 0.29) is 11.9 Å². The van der Waals surface area contributed by atoms with Gasteiger partial charge in [-0.15, -0.1) is 0 Å². The van der Waals surface area contributed by atoms with E-state index in [1.807, 2.05) is 5.32 Å². The molecule has 2 bridgehead atoms. The van der Waals surface area contributed by atoms with Crippen molar-refractivity contribution in [2.45, 2.75) is 37.6 Å². The molecule has 3 aliphatic heterocycles. The molecule has 4 heterocycles. The molecule has 0 radical (unpaired) electrons. The van der Waals surface area contributed by atoms with Crippen molar-refractivity contribution >= 4 is 17.8 Å². The molecule has 1 saturated heterocycles. The summed E-state index contributed by atoms with van der Waals surface area (Å²) in [5, 5.41) is 7.56. The maximum absolute atomic E-state index is 13.0. The molecule has 9 nitrogen and oxygen atoms in total. The largest absolute Gasteiger partial charge is 0.408 e. The molecule has 3 N–H and O–H groups in total. The molecule has 0 aromatic carbocycles. The Balaban J connectivity index is 1.54. The lowest BCUT2D eigenvalue weighted by Gasteiger charge is -2.41. The number of amides is 3. The standard InChI is InChI=1S/C18H20F3N7O2/c1-10(18(19,20)21)24-16(29)12-2-3-13-15(25-12)28(11-4-7-27(13)9-11)17(30)26-14-8-22-5-6-23-14/h2-3,5-6,8,10-12,25H,4,7,9H2,1H3,(H,24,29)(H,23,26,30)/t10-,11+,12?/m1/s1. The highest BCUT2D eigenvalue weighted by atomic mass is 19.4. The lowest BCUT2D eigenvalue weighted by molar-refractivity contribution is -0.158. The average Bonchev–Trinajstić information content (AvgIpc) is 3.12. The van der Waals surface area contributed by atoms with E-state index < -0.39 is 30.2 Å². The number of carbonyl (C=O) groups excluding carboxylic acids is 2. The van der Waals surface area contributed by atoms with Crippen LogP contribution >= 0.6 is 0 Å². The van der Waals surface area contributed by atoms with Gasteiger partial charge < -0.3 is 15.5 Å². The molecule has 30 heavy (non-hydrogen) atoms. The van der Waals surface area contributed by atoms with Crippen molar-refractivity contribution < 1.29 is 22.8 Å². The Morgan fingerprint density at radius 1 is 1.33 bits per heavy atom. The summed E-state index contributed by atoms with van der Waals surface area (Å²) in [6, 6.07) is -3.63. The number of hydrogen-bond donors (Lipinski definition) is 3. The van der Waals surface area contributed by atoms with Crippen LogP contribution in [0, 0.1) is 0 Å². The number of nitrogens with one attached hydrogen (secondary N) is 3. The maximum Gasteiger partial charge on any atom is 0.408 e.